The zero-order valence-electron chi connectivity index (χ0n) is 12.6. The second-order valence-electron chi connectivity index (χ2n) is 5.21. The summed E-state index contributed by atoms with van der Waals surface area (Å²) in [4.78, 5) is 11.3. The van der Waals surface area contributed by atoms with Crippen LogP contribution in [-0.2, 0) is 11.3 Å². The van der Waals surface area contributed by atoms with E-state index in [1.807, 2.05) is 12.4 Å². The summed E-state index contributed by atoms with van der Waals surface area (Å²) in [7, 11) is 0. The molecule has 0 saturated carbocycles. The number of ether oxygens (including phenoxy) is 1. The van der Waals surface area contributed by atoms with Crippen molar-refractivity contribution >= 4 is 5.82 Å². The highest BCUT2D eigenvalue weighted by Crippen LogP contribution is 2.19. The van der Waals surface area contributed by atoms with E-state index in [2.05, 4.69) is 29.0 Å². The Labute approximate surface area is 121 Å². The molecule has 0 aromatic carbocycles. The van der Waals surface area contributed by atoms with E-state index in [1.165, 1.54) is 0 Å². The first-order valence-corrected chi connectivity index (χ1v) is 7.71. The number of rotatable bonds is 7. The lowest BCUT2D eigenvalue weighted by atomic mass is 10.1. The van der Waals surface area contributed by atoms with Crippen LogP contribution in [-0.4, -0.2) is 42.3 Å². The molecule has 0 radical (unpaired) electrons. The van der Waals surface area contributed by atoms with Gasteiger partial charge in [-0.05, 0) is 32.7 Å². The van der Waals surface area contributed by atoms with E-state index < -0.39 is 0 Å². The van der Waals surface area contributed by atoms with Gasteiger partial charge in [0.05, 0.1) is 18.0 Å². The lowest BCUT2D eigenvalue weighted by molar-refractivity contribution is 0.0525. The third-order valence-electron chi connectivity index (χ3n) is 3.51. The molecule has 5 heteroatoms. The Hall–Kier alpha value is -1.20. The monoisotopic (exact) mass is 278 g/mol. The van der Waals surface area contributed by atoms with Gasteiger partial charge in [0, 0.05) is 32.4 Å². The van der Waals surface area contributed by atoms with E-state index in [4.69, 9.17) is 9.72 Å². The van der Waals surface area contributed by atoms with E-state index >= 15 is 0 Å². The highest BCUT2D eigenvalue weighted by molar-refractivity contribution is 5.37. The van der Waals surface area contributed by atoms with Crippen LogP contribution in [0.5, 0.6) is 0 Å². The Morgan fingerprint density at radius 3 is 3.10 bits per heavy atom. The molecule has 5 nitrogen and oxygen atoms in total. The lowest BCUT2D eigenvalue weighted by Crippen LogP contribution is -2.40. The Kier molecular flexibility index (Phi) is 6.21. The number of nitrogens with one attached hydrogen (secondary N) is 1. The summed E-state index contributed by atoms with van der Waals surface area (Å²) < 4.78 is 5.74. The molecule has 0 aliphatic carbocycles. The summed E-state index contributed by atoms with van der Waals surface area (Å²) in [6.07, 6.45) is 7.47. The maximum atomic E-state index is 5.74. The standard InChI is InChI=1S/C15H26N4O/c1-3-7-16-9-13-10-17-11-15(18-13)19-8-5-6-14(12-19)20-4-2/h10-11,14,16H,3-9,12H2,1-2H3. The number of aromatic nitrogens is 2. The number of hydrogen-bond acceptors (Lipinski definition) is 5. The minimum absolute atomic E-state index is 0.331. The fourth-order valence-corrected chi connectivity index (χ4v) is 2.54. The molecule has 1 fully saturated rings. The summed E-state index contributed by atoms with van der Waals surface area (Å²) in [5.74, 6) is 0.977. The van der Waals surface area contributed by atoms with Crippen LogP contribution in [0.25, 0.3) is 0 Å². The molecule has 1 atom stereocenters. The molecule has 1 saturated heterocycles. The van der Waals surface area contributed by atoms with E-state index in [1.54, 1.807) is 0 Å². The van der Waals surface area contributed by atoms with Gasteiger partial charge in [-0.1, -0.05) is 6.92 Å². The van der Waals surface area contributed by atoms with Gasteiger partial charge in [-0.25, -0.2) is 4.98 Å². The largest absolute Gasteiger partial charge is 0.377 e. The average Bonchev–Trinajstić information content (AvgIpc) is 2.49. The molecule has 1 aromatic rings. The van der Waals surface area contributed by atoms with Crippen molar-refractivity contribution < 1.29 is 4.74 Å². The SMILES string of the molecule is CCCNCc1cncc(N2CCCC(OCC)C2)n1. The molecule has 1 aliphatic heterocycles. The van der Waals surface area contributed by atoms with Gasteiger partial charge in [-0.2, -0.15) is 0 Å². The van der Waals surface area contributed by atoms with Crippen LogP contribution in [0.15, 0.2) is 12.4 Å². The third-order valence-corrected chi connectivity index (χ3v) is 3.51. The Morgan fingerprint density at radius 2 is 2.30 bits per heavy atom. The van der Waals surface area contributed by atoms with Crippen LogP contribution >= 0.6 is 0 Å². The number of nitrogens with zero attached hydrogens (tertiary/aromatic N) is 3. The van der Waals surface area contributed by atoms with Crippen LogP contribution in [0.3, 0.4) is 0 Å². The van der Waals surface area contributed by atoms with Crippen molar-refractivity contribution in [1.29, 1.82) is 0 Å². The van der Waals surface area contributed by atoms with Gasteiger partial charge in [-0.3, -0.25) is 4.98 Å². The highest BCUT2D eigenvalue weighted by atomic mass is 16.5. The fraction of sp³-hybridized carbons (Fsp3) is 0.733. The molecule has 0 amide bonds. The van der Waals surface area contributed by atoms with Gasteiger partial charge in [0.15, 0.2) is 0 Å². The third kappa shape index (κ3) is 4.42. The second-order valence-corrected chi connectivity index (χ2v) is 5.21. The molecular weight excluding hydrogens is 252 g/mol. The lowest BCUT2D eigenvalue weighted by Gasteiger charge is -2.33. The van der Waals surface area contributed by atoms with Gasteiger partial charge >= 0.3 is 0 Å². The molecule has 1 N–H and O–H groups in total. The summed E-state index contributed by atoms with van der Waals surface area (Å²) in [5.41, 5.74) is 1.01. The van der Waals surface area contributed by atoms with Gasteiger partial charge < -0.3 is 15.0 Å². The predicted molar refractivity (Wildman–Crippen MR) is 80.9 cm³/mol. The smallest absolute Gasteiger partial charge is 0.147 e. The minimum Gasteiger partial charge on any atom is -0.377 e. The van der Waals surface area contributed by atoms with E-state index in [9.17, 15) is 0 Å². The van der Waals surface area contributed by atoms with Crippen molar-refractivity contribution in [3.05, 3.63) is 18.1 Å². The van der Waals surface area contributed by atoms with Crippen LogP contribution in [0.2, 0.25) is 0 Å². The predicted octanol–water partition coefficient (Wildman–Crippen LogP) is 1.98. The van der Waals surface area contributed by atoms with Crippen molar-refractivity contribution in [2.75, 3.05) is 31.1 Å². The molecule has 20 heavy (non-hydrogen) atoms. The maximum absolute atomic E-state index is 5.74. The fourth-order valence-electron chi connectivity index (χ4n) is 2.54. The van der Waals surface area contributed by atoms with Crippen molar-refractivity contribution in [2.45, 2.75) is 45.8 Å². The quantitative estimate of drug-likeness (QED) is 0.773. The summed E-state index contributed by atoms with van der Waals surface area (Å²) in [6.45, 7) is 8.78. The van der Waals surface area contributed by atoms with E-state index in [-0.39, 0.29) is 0 Å². The zero-order chi connectivity index (χ0) is 14.2. The summed E-state index contributed by atoms with van der Waals surface area (Å²) in [6, 6.07) is 0. The first-order chi connectivity index (χ1) is 9.83. The highest BCUT2D eigenvalue weighted by Gasteiger charge is 2.21. The van der Waals surface area contributed by atoms with Gasteiger partial charge in [-0.15, -0.1) is 0 Å². The number of piperidine rings is 1. The van der Waals surface area contributed by atoms with Crippen LogP contribution in [0.1, 0.15) is 38.8 Å². The first-order valence-electron chi connectivity index (χ1n) is 7.71. The molecule has 1 aliphatic rings. The van der Waals surface area contributed by atoms with Crippen molar-refractivity contribution in [1.82, 2.24) is 15.3 Å². The van der Waals surface area contributed by atoms with E-state index in [0.717, 1.165) is 63.6 Å². The number of anilines is 1. The normalized spacial score (nSPS) is 19.3. The topological polar surface area (TPSA) is 50.3 Å². The van der Waals surface area contributed by atoms with Crippen LogP contribution in [0.4, 0.5) is 5.82 Å². The molecule has 0 spiro atoms. The van der Waals surface area contributed by atoms with Crippen LogP contribution < -0.4 is 10.2 Å². The Balaban J connectivity index is 1.95. The van der Waals surface area contributed by atoms with Crippen LogP contribution in [0, 0.1) is 0 Å². The molecule has 1 unspecified atom stereocenters. The molecule has 2 heterocycles. The Bertz CT molecular complexity index is 397. The van der Waals surface area contributed by atoms with Crippen molar-refractivity contribution in [3.63, 3.8) is 0 Å². The Morgan fingerprint density at radius 1 is 1.40 bits per heavy atom. The maximum Gasteiger partial charge on any atom is 0.147 e. The van der Waals surface area contributed by atoms with E-state index in [0.29, 0.717) is 6.10 Å². The summed E-state index contributed by atoms with van der Waals surface area (Å²) in [5, 5.41) is 3.36. The first kappa shape index (κ1) is 15.2. The molecule has 2 rings (SSSR count). The average molecular weight is 278 g/mol. The molecule has 0 bridgehead atoms. The van der Waals surface area contributed by atoms with Gasteiger partial charge in [0.2, 0.25) is 0 Å². The zero-order valence-corrected chi connectivity index (χ0v) is 12.6. The summed E-state index contributed by atoms with van der Waals surface area (Å²) >= 11 is 0. The minimum atomic E-state index is 0.331. The van der Waals surface area contributed by atoms with Crippen molar-refractivity contribution in [3.8, 4) is 0 Å². The van der Waals surface area contributed by atoms with Crippen molar-refractivity contribution in [2.24, 2.45) is 0 Å². The molecule has 1 aromatic heterocycles. The van der Waals surface area contributed by atoms with Gasteiger partial charge in [0.1, 0.15) is 5.82 Å². The second kappa shape index (κ2) is 8.17. The van der Waals surface area contributed by atoms with Gasteiger partial charge in [0.25, 0.3) is 0 Å². The number of hydrogen-bond donors (Lipinski definition) is 1. The molecule has 112 valence electrons. The molecular formula is C15H26N4O.